The van der Waals surface area contributed by atoms with Gasteiger partial charge in [0.15, 0.2) is 5.76 Å². The standard InChI is InChI=1S/C22H19F3N6O3.CH2O2/c23-22(24,25)12-33-15-7-14(8-15)31-11-17(20(30-31)16-3-1-2-6-26-16)29-21(32)19-5-4-18(34-19)13-9-27-28-10-13;2-1-3/h1-6,9-11,14-15H,7-8,12H2,(H,27,28)(H,29,32);1H,(H,2,3). The van der Waals surface area contributed by atoms with E-state index in [-0.39, 0.29) is 18.3 Å². The van der Waals surface area contributed by atoms with Gasteiger partial charge in [0.05, 0.1) is 35.3 Å². The molecule has 4 heterocycles. The highest BCUT2D eigenvalue weighted by Crippen LogP contribution is 2.37. The predicted molar refractivity (Wildman–Crippen MR) is 122 cm³/mol. The van der Waals surface area contributed by atoms with Gasteiger partial charge in [-0.05, 0) is 37.1 Å². The van der Waals surface area contributed by atoms with Gasteiger partial charge < -0.3 is 19.6 Å². The molecule has 0 saturated heterocycles. The van der Waals surface area contributed by atoms with E-state index in [1.807, 2.05) is 0 Å². The number of furan rings is 1. The molecule has 4 aromatic heterocycles. The van der Waals surface area contributed by atoms with Gasteiger partial charge in [-0.15, -0.1) is 0 Å². The summed E-state index contributed by atoms with van der Waals surface area (Å²) >= 11 is 0. The van der Waals surface area contributed by atoms with Crippen LogP contribution in [0.4, 0.5) is 18.9 Å². The normalized spacial score (nSPS) is 16.8. The van der Waals surface area contributed by atoms with Crippen LogP contribution in [-0.2, 0) is 9.53 Å². The summed E-state index contributed by atoms with van der Waals surface area (Å²) < 4.78 is 49.3. The molecular formula is C23H21F3N6O5. The lowest BCUT2D eigenvalue weighted by Crippen LogP contribution is -2.36. The van der Waals surface area contributed by atoms with Crippen LogP contribution < -0.4 is 5.32 Å². The Bertz CT molecular complexity index is 1310. The molecule has 0 spiro atoms. The highest BCUT2D eigenvalue weighted by Gasteiger charge is 2.36. The quantitative estimate of drug-likeness (QED) is 0.309. The number of carbonyl (C=O) groups is 2. The lowest BCUT2D eigenvalue weighted by atomic mass is 9.89. The van der Waals surface area contributed by atoms with E-state index in [9.17, 15) is 18.0 Å². The Hall–Kier alpha value is -4.46. The van der Waals surface area contributed by atoms with Gasteiger partial charge in [0.25, 0.3) is 12.4 Å². The second kappa shape index (κ2) is 11.1. The minimum atomic E-state index is -4.36. The van der Waals surface area contributed by atoms with Crippen molar-refractivity contribution in [2.45, 2.75) is 31.2 Å². The number of hydrogen-bond acceptors (Lipinski definition) is 7. The van der Waals surface area contributed by atoms with Crippen LogP contribution in [-0.4, -0.2) is 61.3 Å². The average Bonchev–Trinajstić information content (AvgIpc) is 3.59. The van der Waals surface area contributed by atoms with Crippen LogP contribution in [0.15, 0.2) is 59.5 Å². The lowest BCUT2D eigenvalue weighted by molar-refractivity contribution is -0.196. The molecule has 0 atom stereocenters. The number of amides is 1. The van der Waals surface area contributed by atoms with Crippen molar-refractivity contribution >= 4 is 18.1 Å². The molecule has 1 amide bonds. The van der Waals surface area contributed by atoms with Crippen molar-refractivity contribution in [2.75, 3.05) is 11.9 Å². The monoisotopic (exact) mass is 518 g/mol. The second-order valence-corrected chi connectivity index (χ2v) is 7.97. The Morgan fingerprint density at radius 1 is 1.30 bits per heavy atom. The van der Waals surface area contributed by atoms with Crippen molar-refractivity contribution in [3.63, 3.8) is 0 Å². The fourth-order valence-corrected chi connectivity index (χ4v) is 3.65. The molecule has 1 aliphatic rings. The van der Waals surface area contributed by atoms with Crippen LogP contribution in [0.3, 0.4) is 0 Å². The van der Waals surface area contributed by atoms with Gasteiger partial charge in [-0.1, -0.05) is 6.07 Å². The summed E-state index contributed by atoms with van der Waals surface area (Å²) in [5.74, 6) is 0.102. The maximum absolute atomic E-state index is 12.9. The van der Waals surface area contributed by atoms with Gasteiger partial charge in [0.2, 0.25) is 0 Å². The minimum absolute atomic E-state index is 0.0974. The van der Waals surface area contributed by atoms with Crippen molar-refractivity contribution in [2.24, 2.45) is 0 Å². The number of H-pyrrole nitrogens is 1. The number of rotatable bonds is 7. The van der Waals surface area contributed by atoms with Crippen LogP contribution in [0.5, 0.6) is 0 Å². The molecule has 11 nitrogen and oxygen atoms in total. The summed E-state index contributed by atoms with van der Waals surface area (Å²) in [4.78, 5) is 25.5. The van der Waals surface area contributed by atoms with Gasteiger partial charge in [-0.3, -0.25) is 24.4 Å². The molecule has 5 rings (SSSR count). The third kappa shape index (κ3) is 6.41. The number of anilines is 1. The molecule has 0 aromatic carbocycles. The summed E-state index contributed by atoms with van der Waals surface area (Å²) in [6, 6.07) is 8.37. The molecule has 37 heavy (non-hydrogen) atoms. The van der Waals surface area contributed by atoms with Crippen LogP contribution in [0, 0.1) is 0 Å². The molecule has 0 bridgehead atoms. The molecule has 0 radical (unpaired) electrons. The lowest BCUT2D eigenvalue weighted by Gasteiger charge is -2.35. The molecule has 4 aromatic rings. The number of aromatic nitrogens is 5. The third-order valence-corrected chi connectivity index (χ3v) is 5.43. The summed E-state index contributed by atoms with van der Waals surface area (Å²) in [5, 5.41) is 20.8. The number of alkyl halides is 3. The first-order valence-electron chi connectivity index (χ1n) is 10.9. The average molecular weight is 518 g/mol. The second-order valence-electron chi connectivity index (χ2n) is 7.97. The zero-order valence-corrected chi connectivity index (χ0v) is 19.1. The van der Waals surface area contributed by atoms with Gasteiger partial charge in [0.1, 0.15) is 18.1 Å². The molecular weight excluding hydrogens is 497 g/mol. The number of nitrogens with zero attached hydrogens (tertiary/aromatic N) is 4. The maximum Gasteiger partial charge on any atom is 0.411 e. The topological polar surface area (TPSA) is 148 Å². The van der Waals surface area contributed by atoms with E-state index in [1.54, 1.807) is 59.8 Å². The number of nitrogens with one attached hydrogen (secondary N) is 2. The van der Waals surface area contributed by atoms with Gasteiger partial charge in [0, 0.05) is 18.6 Å². The zero-order valence-electron chi connectivity index (χ0n) is 19.1. The van der Waals surface area contributed by atoms with Crippen molar-refractivity contribution in [1.29, 1.82) is 0 Å². The number of hydrogen-bond donors (Lipinski definition) is 3. The number of carbonyl (C=O) groups excluding carboxylic acids is 1. The summed E-state index contributed by atoms with van der Waals surface area (Å²) in [6.07, 6.45) is 2.40. The third-order valence-electron chi connectivity index (χ3n) is 5.43. The highest BCUT2D eigenvalue weighted by molar-refractivity contribution is 6.04. The minimum Gasteiger partial charge on any atom is -0.483 e. The summed E-state index contributed by atoms with van der Waals surface area (Å²) in [6.45, 7) is -1.52. The van der Waals surface area contributed by atoms with Crippen LogP contribution in [0.1, 0.15) is 29.4 Å². The molecule has 14 heteroatoms. The van der Waals surface area contributed by atoms with Crippen LogP contribution >= 0.6 is 0 Å². The summed E-state index contributed by atoms with van der Waals surface area (Å²) in [5.41, 5.74) is 2.09. The van der Waals surface area contributed by atoms with Crippen molar-refractivity contribution in [3.05, 3.63) is 60.9 Å². The fourth-order valence-electron chi connectivity index (χ4n) is 3.65. The molecule has 1 saturated carbocycles. The molecule has 194 valence electrons. The van der Waals surface area contributed by atoms with E-state index in [2.05, 4.69) is 25.6 Å². The Kier molecular flexibility index (Phi) is 7.67. The largest absolute Gasteiger partial charge is 0.483 e. The van der Waals surface area contributed by atoms with Crippen LogP contribution in [0.2, 0.25) is 0 Å². The first kappa shape index (κ1) is 25.6. The highest BCUT2D eigenvalue weighted by atomic mass is 19.4. The van der Waals surface area contributed by atoms with Gasteiger partial charge in [-0.2, -0.15) is 23.4 Å². The van der Waals surface area contributed by atoms with E-state index in [4.69, 9.17) is 19.1 Å². The molecule has 0 unspecified atom stereocenters. The van der Waals surface area contributed by atoms with Gasteiger partial charge >= 0.3 is 6.18 Å². The zero-order chi connectivity index (χ0) is 26.4. The maximum atomic E-state index is 12.9. The van der Waals surface area contributed by atoms with E-state index >= 15 is 0 Å². The first-order chi connectivity index (χ1) is 17.8. The molecule has 0 aliphatic heterocycles. The smallest absolute Gasteiger partial charge is 0.411 e. The number of aromatic amines is 1. The Morgan fingerprint density at radius 3 is 2.73 bits per heavy atom. The predicted octanol–water partition coefficient (Wildman–Crippen LogP) is 4.16. The number of carboxylic acid groups (broad SMARTS) is 1. The fraction of sp³-hybridized carbons (Fsp3) is 0.261. The van der Waals surface area contributed by atoms with E-state index in [1.165, 1.54) is 0 Å². The van der Waals surface area contributed by atoms with E-state index in [0.29, 0.717) is 41.2 Å². The Balaban J connectivity index is 0.00000102. The molecule has 1 aliphatic carbocycles. The first-order valence-corrected chi connectivity index (χ1v) is 10.9. The van der Waals surface area contributed by atoms with Gasteiger partial charge in [-0.25, -0.2) is 0 Å². The number of halogens is 3. The van der Waals surface area contributed by atoms with Crippen molar-refractivity contribution in [1.82, 2.24) is 25.0 Å². The Morgan fingerprint density at radius 2 is 2.08 bits per heavy atom. The SMILES string of the molecule is O=C(Nc1cn(C2CC(OCC(F)(F)F)C2)nc1-c1ccccn1)c1ccc(-c2cn[nH]c2)o1.O=CO. The van der Waals surface area contributed by atoms with Crippen LogP contribution in [0.25, 0.3) is 22.7 Å². The molecule has 3 N–H and O–H groups in total. The van der Waals surface area contributed by atoms with Crippen molar-refractivity contribution in [3.8, 4) is 22.7 Å². The number of pyridine rings is 1. The number of ether oxygens (including phenoxy) is 1. The van der Waals surface area contributed by atoms with E-state index in [0.717, 1.165) is 0 Å². The molecule has 1 fully saturated rings. The van der Waals surface area contributed by atoms with E-state index < -0.39 is 24.8 Å². The Labute approximate surface area is 207 Å². The van der Waals surface area contributed by atoms with Crippen molar-refractivity contribution < 1.29 is 37.0 Å². The summed E-state index contributed by atoms with van der Waals surface area (Å²) in [7, 11) is 0.